The number of rotatable bonds is 9. The molecule has 0 heterocycles. The van der Waals surface area contributed by atoms with Crippen LogP contribution in [0.15, 0.2) is 48.6 Å². The molecule has 0 aromatic heterocycles. The van der Waals surface area contributed by atoms with E-state index in [1.807, 2.05) is 30.3 Å². The molecule has 5 nitrogen and oxygen atoms in total. The fourth-order valence-corrected chi connectivity index (χ4v) is 4.28. The topological polar surface area (TPSA) is 76.0 Å². The SMILES string of the molecule is COc1cc(CCC=CC(=O)C2(Cc3ccc(O)c(OC)c3)CCCC2)ccc1O. The molecule has 1 aliphatic carbocycles. The van der Waals surface area contributed by atoms with Gasteiger partial charge in [-0.3, -0.25) is 4.79 Å². The number of phenols is 2. The van der Waals surface area contributed by atoms with Crippen LogP contribution in [0.5, 0.6) is 23.0 Å². The number of methoxy groups -OCH3 is 2. The van der Waals surface area contributed by atoms with Gasteiger partial charge >= 0.3 is 0 Å². The summed E-state index contributed by atoms with van der Waals surface area (Å²) in [4.78, 5) is 13.1. The number of benzene rings is 2. The Labute approximate surface area is 178 Å². The Morgan fingerprint density at radius 2 is 1.53 bits per heavy atom. The second-order valence-electron chi connectivity index (χ2n) is 7.98. The molecule has 0 spiro atoms. The van der Waals surface area contributed by atoms with E-state index in [1.54, 1.807) is 18.2 Å². The summed E-state index contributed by atoms with van der Waals surface area (Å²) in [7, 11) is 3.06. The number of hydrogen-bond acceptors (Lipinski definition) is 5. The molecule has 160 valence electrons. The van der Waals surface area contributed by atoms with Crippen LogP contribution in [0.25, 0.3) is 0 Å². The first-order valence-corrected chi connectivity index (χ1v) is 10.4. The predicted molar refractivity (Wildman–Crippen MR) is 116 cm³/mol. The molecular formula is C25H30O5. The minimum absolute atomic E-state index is 0.110. The number of phenolic OH excluding ortho intramolecular Hbond substituents is 2. The smallest absolute Gasteiger partial charge is 0.161 e. The van der Waals surface area contributed by atoms with Crippen molar-refractivity contribution < 1.29 is 24.5 Å². The average molecular weight is 411 g/mol. The third-order valence-corrected chi connectivity index (χ3v) is 5.98. The highest BCUT2D eigenvalue weighted by molar-refractivity contribution is 5.95. The number of hydrogen-bond donors (Lipinski definition) is 2. The lowest BCUT2D eigenvalue weighted by molar-refractivity contribution is -0.123. The van der Waals surface area contributed by atoms with Crippen molar-refractivity contribution in [2.75, 3.05) is 14.2 Å². The van der Waals surface area contributed by atoms with Crippen LogP contribution in [-0.4, -0.2) is 30.2 Å². The van der Waals surface area contributed by atoms with Crippen molar-refractivity contribution in [3.63, 3.8) is 0 Å². The maximum Gasteiger partial charge on any atom is 0.161 e. The van der Waals surface area contributed by atoms with Gasteiger partial charge in [-0.1, -0.05) is 31.1 Å². The van der Waals surface area contributed by atoms with Crippen molar-refractivity contribution >= 4 is 5.78 Å². The quantitative estimate of drug-likeness (QED) is 0.571. The molecule has 0 radical (unpaired) electrons. The summed E-state index contributed by atoms with van der Waals surface area (Å²) in [5.74, 6) is 1.31. The molecule has 2 aromatic rings. The largest absolute Gasteiger partial charge is 0.504 e. The molecule has 1 fully saturated rings. The van der Waals surface area contributed by atoms with Gasteiger partial charge in [-0.2, -0.15) is 0 Å². The zero-order valence-corrected chi connectivity index (χ0v) is 17.7. The highest BCUT2D eigenvalue weighted by Gasteiger charge is 2.39. The molecule has 30 heavy (non-hydrogen) atoms. The second-order valence-corrected chi connectivity index (χ2v) is 7.98. The fraction of sp³-hybridized carbons (Fsp3) is 0.400. The van der Waals surface area contributed by atoms with Gasteiger partial charge in [0.15, 0.2) is 28.8 Å². The summed E-state index contributed by atoms with van der Waals surface area (Å²) in [5, 5.41) is 19.5. The van der Waals surface area contributed by atoms with E-state index in [-0.39, 0.29) is 22.7 Å². The summed E-state index contributed by atoms with van der Waals surface area (Å²) >= 11 is 0. The number of carbonyl (C=O) groups is 1. The summed E-state index contributed by atoms with van der Waals surface area (Å²) in [6, 6.07) is 10.6. The van der Waals surface area contributed by atoms with Crippen LogP contribution in [-0.2, 0) is 17.6 Å². The minimum Gasteiger partial charge on any atom is -0.504 e. The summed E-state index contributed by atoms with van der Waals surface area (Å²) in [6.07, 6.45) is 9.72. The molecule has 0 aliphatic heterocycles. The van der Waals surface area contributed by atoms with Gasteiger partial charge in [0.2, 0.25) is 0 Å². The minimum atomic E-state index is -0.375. The van der Waals surface area contributed by atoms with Crippen molar-refractivity contribution in [3.05, 3.63) is 59.7 Å². The zero-order valence-electron chi connectivity index (χ0n) is 17.7. The van der Waals surface area contributed by atoms with Crippen LogP contribution in [0.1, 0.15) is 43.2 Å². The molecule has 2 aromatic carbocycles. The Balaban J connectivity index is 1.65. The van der Waals surface area contributed by atoms with Gasteiger partial charge in [-0.25, -0.2) is 0 Å². The summed E-state index contributed by atoms with van der Waals surface area (Å²) < 4.78 is 10.4. The molecule has 1 saturated carbocycles. The van der Waals surface area contributed by atoms with Crippen LogP contribution >= 0.6 is 0 Å². The van der Waals surface area contributed by atoms with Crippen LogP contribution in [0, 0.1) is 5.41 Å². The molecular weight excluding hydrogens is 380 g/mol. The number of carbonyl (C=O) groups excluding carboxylic acids is 1. The van der Waals surface area contributed by atoms with E-state index in [2.05, 4.69) is 0 Å². The van der Waals surface area contributed by atoms with E-state index in [1.165, 1.54) is 14.2 Å². The lowest BCUT2D eigenvalue weighted by atomic mass is 9.76. The Morgan fingerprint density at radius 3 is 2.13 bits per heavy atom. The molecule has 0 unspecified atom stereocenters. The normalized spacial score (nSPS) is 15.4. The van der Waals surface area contributed by atoms with Gasteiger partial charge in [-0.15, -0.1) is 0 Å². The van der Waals surface area contributed by atoms with Crippen LogP contribution in [0.3, 0.4) is 0 Å². The number of aromatic hydroxyl groups is 2. The van der Waals surface area contributed by atoms with Gasteiger partial charge in [0.1, 0.15) is 0 Å². The molecule has 2 N–H and O–H groups in total. The van der Waals surface area contributed by atoms with Crippen LogP contribution < -0.4 is 9.47 Å². The van der Waals surface area contributed by atoms with Crippen molar-refractivity contribution in [1.82, 2.24) is 0 Å². The zero-order chi connectivity index (χ0) is 21.6. The van der Waals surface area contributed by atoms with Gasteiger partial charge in [0, 0.05) is 5.41 Å². The molecule has 1 aliphatic rings. The Morgan fingerprint density at radius 1 is 0.967 bits per heavy atom. The molecule has 0 amide bonds. The van der Waals surface area contributed by atoms with Gasteiger partial charge in [-0.05, 0) is 73.6 Å². The van der Waals surface area contributed by atoms with Gasteiger partial charge < -0.3 is 19.7 Å². The molecule has 0 atom stereocenters. The second kappa shape index (κ2) is 9.70. The van der Waals surface area contributed by atoms with Crippen molar-refractivity contribution in [2.24, 2.45) is 5.41 Å². The number of ketones is 1. The lowest BCUT2D eigenvalue weighted by Crippen LogP contribution is -2.29. The molecule has 5 heteroatoms. The van der Waals surface area contributed by atoms with Crippen molar-refractivity contribution in [3.8, 4) is 23.0 Å². The molecule has 0 bridgehead atoms. The first-order valence-electron chi connectivity index (χ1n) is 10.4. The first-order chi connectivity index (χ1) is 14.5. The highest BCUT2D eigenvalue weighted by Crippen LogP contribution is 2.43. The van der Waals surface area contributed by atoms with E-state index in [9.17, 15) is 15.0 Å². The monoisotopic (exact) mass is 410 g/mol. The molecule has 3 rings (SSSR count). The van der Waals surface area contributed by atoms with E-state index in [0.717, 1.165) is 49.7 Å². The summed E-state index contributed by atoms with van der Waals surface area (Å²) in [5.41, 5.74) is 1.68. The average Bonchev–Trinajstić information content (AvgIpc) is 3.23. The fourth-order valence-electron chi connectivity index (χ4n) is 4.28. The van der Waals surface area contributed by atoms with Crippen LogP contribution in [0.2, 0.25) is 0 Å². The van der Waals surface area contributed by atoms with E-state index >= 15 is 0 Å². The maximum atomic E-state index is 13.1. The molecule has 0 saturated heterocycles. The third-order valence-electron chi connectivity index (χ3n) is 5.98. The van der Waals surface area contributed by atoms with E-state index in [0.29, 0.717) is 17.9 Å². The first kappa shape index (κ1) is 21.8. The van der Waals surface area contributed by atoms with Gasteiger partial charge in [0.05, 0.1) is 14.2 Å². The lowest BCUT2D eigenvalue weighted by Gasteiger charge is -2.26. The van der Waals surface area contributed by atoms with E-state index in [4.69, 9.17) is 9.47 Å². The van der Waals surface area contributed by atoms with E-state index < -0.39 is 0 Å². The Kier molecular flexibility index (Phi) is 7.03. The van der Waals surface area contributed by atoms with Gasteiger partial charge in [0.25, 0.3) is 0 Å². The standard InChI is InChI=1S/C25H30O5/c1-29-22-15-18(9-11-20(22)26)7-3-4-8-24(28)25(13-5-6-14-25)17-19-10-12-21(27)23(16-19)30-2/h4,8-12,15-16,26-27H,3,5-7,13-14,17H2,1-2H3. The highest BCUT2D eigenvalue weighted by atomic mass is 16.5. The number of ether oxygens (including phenoxy) is 2. The number of aryl methyl sites for hydroxylation is 1. The van der Waals surface area contributed by atoms with Crippen LogP contribution in [0.4, 0.5) is 0 Å². The Hall–Kier alpha value is -2.95. The summed E-state index contributed by atoms with van der Waals surface area (Å²) in [6.45, 7) is 0. The Bertz CT molecular complexity index is 910. The predicted octanol–water partition coefficient (Wildman–Crippen LogP) is 4.98. The maximum absolute atomic E-state index is 13.1. The number of allylic oxidation sites excluding steroid dienone is 2. The third kappa shape index (κ3) is 4.96. The van der Waals surface area contributed by atoms with Crippen molar-refractivity contribution in [1.29, 1.82) is 0 Å². The van der Waals surface area contributed by atoms with Crippen molar-refractivity contribution in [2.45, 2.75) is 44.9 Å².